The fraction of sp³-hybridized carbons (Fsp3) is 0.389. The lowest BCUT2D eigenvalue weighted by atomic mass is 10.1. The minimum absolute atomic E-state index is 0.0524. The molecule has 3 heteroatoms. The molecule has 1 rings (SSSR count). The summed E-state index contributed by atoms with van der Waals surface area (Å²) in [5.41, 5.74) is 1.20. The molecule has 0 radical (unpaired) electrons. The summed E-state index contributed by atoms with van der Waals surface area (Å²) in [6, 6.07) is 8.15. The molecule has 0 saturated carbocycles. The minimum Gasteiger partial charge on any atom is -0.497 e. The molecule has 0 bridgehead atoms. The number of likely N-dealkylation sites (N-methyl/N-ethyl adjacent to an activating group) is 1. The molecule has 21 heavy (non-hydrogen) atoms. The first kappa shape index (κ1) is 17.0. The third-order valence-corrected chi connectivity index (χ3v) is 3.39. The summed E-state index contributed by atoms with van der Waals surface area (Å²) in [6.45, 7) is 6.72. The van der Waals surface area contributed by atoms with Gasteiger partial charge in [-0.3, -0.25) is 4.79 Å². The summed E-state index contributed by atoms with van der Waals surface area (Å²) in [6.07, 6.45) is 8.00. The van der Waals surface area contributed by atoms with Crippen molar-refractivity contribution in [1.82, 2.24) is 4.90 Å². The monoisotopic (exact) mass is 287 g/mol. The highest BCUT2D eigenvalue weighted by molar-refractivity contribution is 5.88. The van der Waals surface area contributed by atoms with Crippen LogP contribution in [-0.4, -0.2) is 30.5 Å². The van der Waals surface area contributed by atoms with E-state index in [2.05, 4.69) is 6.92 Å². The van der Waals surface area contributed by atoms with Gasteiger partial charge in [0.25, 0.3) is 0 Å². The second-order valence-electron chi connectivity index (χ2n) is 4.91. The number of ether oxygens (including phenoxy) is 1. The highest BCUT2D eigenvalue weighted by Gasteiger charge is 2.16. The Bertz CT molecular complexity index is 488. The van der Waals surface area contributed by atoms with Gasteiger partial charge in [-0.2, -0.15) is 0 Å². The van der Waals surface area contributed by atoms with Gasteiger partial charge in [-0.15, -0.1) is 0 Å². The van der Waals surface area contributed by atoms with E-state index < -0.39 is 0 Å². The molecule has 3 nitrogen and oxygen atoms in total. The predicted molar refractivity (Wildman–Crippen MR) is 87.5 cm³/mol. The molecule has 1 atom stereocenters. The van der Waals surface area contributed by atoms with Crippen LogP contribution in [0.3, 0.4) is 0 Å². The molecule has 0 aliphatic heterocycles. The number of rotatable bonds is 7. The standard InChI is InChI=1S/C18H25NO2/c1-5-7-8-9-18(20)19(6-2)15(3)14-16-10-12-17(21-4)13-11-16/h5,7-13,15H,6,14H2,1-4H3. The van der Waals surface area contributed by atoms with Gasteiger partial charge in [-0.25, -0.2) is 0 Å². The van der Waals surface area contributed by atoms with E-state index >= 15 is 0 Å². The molecule has 1 aromatic rings. The molecule has 0 aromatic heterocycles. The van der Waals surface area contributed by atoms with Crippen LogP contribution in [0.2, 0.25) is 0 Å². The van der Waals surface area contributed by atoms with Gasteiger partial charge in [-0.05, 0) is 44.9 Å². The number of hydrogen-bond acceptors (Lipinski definition) is 2. The van der Waals surface area contributed by atoms with E-state index in [1.807, 2.05) is 55.2 Å². The maximum Gasteiger partial charge on any atom is 0.246 e. The van der Waals surface area contributed by atoms with Crippen LogP contribution in [0.4, 0.5) is 0 Å². The van der Waals surface area contributed by atoms with Crippen LogP contribution < -0.4 is 4.74 Å². The number of carbonyl (C=O) groups excluding carboxylic acids is 1. The summed E-state index contributed by atoms with van der Waals surface area (Å²) in [4.78, 5) is 14.0. The molecule has 0 fully saturated rings. The first-order chi connectivity index (χ1) is 10.1. The Balaban J connectivity index is 2.69. The maximum atomic E-state index is 12.2. The number of carbonyl (C=O) groups is 1. The zero-order valence-electron chi connectivity index (χ0n) is 13.4. The van der Waals surface area contributed by atoms with Gasteiger partial charge in [0.2, 0.25) is 5.91 Å². The van der Waals surface area contributed by atoms with Crippen LogP contribution in [0.1, 0.15) is 26.3 Å². The molecular weight excluding hydrogens is 262 g/mol. The lowest BCUT2D eigenvalue weighted by Crippen LogP contribution is -2.38. The zero-order chi connectivity index (χ0) is 15.7. The summed E-state index contributed by atoms with van der Waals surface area (Å²) < 4.78 is 5.16. The van der Waals surface area contributed by atoms with Crippen molar-refractivity contribution in [1.29, 1.82) is 0 Å². The van der Waals surface area contributed by atoms with Crippen molar-refractivity contribution in [3.8, 4) is 5.75 Å². The molecule has 0 saturated heterocycles. The van der Waals surface area contributed by atoms with E-state index in [1.54, 1.807) is 19.3 Å². The molecule has 1 amide bonds. The number of methoxy groups -OCH3 is 1. The van der Waals surface area contributed by atoms with E-state index in [0.717, 1.165) is 12.2 Å². The Kier molecular flexibility index (Phi) is 7.30. The largest absolute Gasteiger partial charge is 0.497 e. The SMILES string of the molecule is CC=CC=CC(=O)N(CC)C(C)Cc1ccc(OC)cc1. The quantitative estimate of drug-likeness (QED) is 0.566. The highest BCUT2D eigenvalue weighted by atomic mass is 16.5. The minimum atomic E-state index is 0.0524. The topological polar surface area (TPSA) is 29.5 Å². The molecule has 0 aliphatic carbocycles. The van der Waals surface area contributed by atoms with E-state index in [0.29, 0.717) is 6.54 Å². The van der Waals surface area contributed by atoms with Crippen LogP contribution in [0.5, 0.6) is 5.75 Å². The molecule has 0 N–H and O–H groups in total. The molecule has 0 aliphatic rings. The fourth-order valence-electron chi connectivity index (χ4n) is 2.24. The average Bonchev–Trinajstić information content (AvgIpc) is 2.49. The first-order valence-electron chi connectivity index (χ1n) is 7.35. The van der Waals surface area contributed by atoms with Gasteiger partial charge < -0.3 is 9.64 Å². The van der Waals surface area contributed by atoms with Gasteiger partial charge >= 0.3 is 0 Å². The molecular formula is C18H25NO2. The first-order valence-corrected chi connectivity index (χ1v) is 7.35. The van der Waals surface area contributed by atoms with E-state index in [1.165, 1.54) is 5.56 Å². The Morgan fingerprint density at radius 3 is 2.48 bits per heavy atom. The Labute approximate surface area is 127 Å². The summed E-state index contributed by atoms with van der Waals surface area (Å²) in [7, 11) is 1.66. The van der Waals surface area contributed by atoms with Crippen LogP contribution in [-0.2, 0) is 11.2 Å². The van der Waals surface area contributed by atoms with E-state index in [9.17, 15) is 4.79 Å². The molecule has 0 spiro atoms. The van der Waals surface area contributed by atoms with Crippen molar-refractivity contribution < 1.29 is 9.53 Å². The maximum absolute atomic E-state index is 12.2. The lowest BCUT2D eigenvalue weighted by molar-refractivity contribution is -0.127. The van der Waals surface area contributed by atoms with Crippen LogP contribution in [0.15, 0.2) is 48.6 Å². The van der Waals surface area contributed by atoms with Crippen molar-refractivity contribution >= 4 is 5.91 Å². The Morgan fingerprint density at radius 2 is 1.95 bits per heavy atom. The average molecular weight is 287 g/mol. The fourth-order valence-corrected chi connectivity index (χ4v) is 2.24. The summed E-state index contributed by atoms with van der Waals surface area (Å²) >= 11 is 0. The van der Waals surface area contributed by atoms with E-state index in [4.69, 9.17) is 4.74 Å². The van der Waals surface area contributed by atoms with Crippen LogP contribution in [0, 0.1) is 0 Å². The third kappa shape index (κ3) is 5.46. The van der Waals surface area contributed by atoms with Crippen molar-refractivity contribution in [3.05, 3.63) is 54.1 Å². The Morgan fingerprint density at radius 1 is 1.29 bits per heavy atom. The number of amides is 1. The molecule has 1 aromatic carbocycles. The summed E-state index contributed by atoms with van der Waals surface area (Å²) in [5.74, 6) is 0.903. The van der Waals surface area contributed by atoms with Crippen LogP contribution >= 0.6 is 0 Å². The summed E-state index contributed by atoms with van der Waals surface area (Å²) in [5, 5.41) is 0. The van der Waals surface area contributed by atoms with Gasteiger partial charge in [-0.1, -0.05) is 30.4 Å². The number of benzene rings is 1. The predicted octanol–water partition coefficient (Wildman–Crippen LogP) is 3.61. The number of hydrogen-bond donors (Lipinski definition) is 0. The van der Waals surface area contributed by atoms with Crippen LogP contribution in [0.25, 0.3) is 0 Å². The van der Waals surface area contributed by atoms with Crippen molar-refractivity contribution in [2.75, 3.05) is 13.7 Å². The van der Waals surface area contributed by atoms with Gasteiger partial charge in [0.05, 0.1) is 7.11 Å². The normalized spacial score (nSPS) is 12.8. The second kappa shape index (κ2) is 9.01. The lowest BCUT2D eigenvalue weighted by Gasteiger charge is -2.27. The number of allylic oxidation sites excluding steroid dienone is 3. The second-order valence-corrected chi connectivity index (χ2v) is 4.91. The zero-order valence-corrected chi connectivity index (χ0v) is 13.4. The van der Waals surface area contributed by atoms with Gasteiger partial charge in [0, 0.05) is 18.7 Å². The van der Waals surface area contributed by atoms with Crippen molar-refractivity contribution in [2.45, 2.75) is 33.2 Å². The number of nitrogens with zero attached hydrogens (tertiary/aromatic N) is 1. The van der Waals surface area contributed by atoms with Gasteiger partial charge in [0.15, 0.2) is 0 Å². The molecule has 1 unspecified atom stereocenters. The third-order valence-electron chi connectivity index (χ3n) is 3.39. The van der Waals surface area contributed by atoms with Crippen molar-refractivity contribution in [2.24, 2.45) is 0 Å². The van der Waals surface area contributed by atoms with E-state index in [-0.39, 0.29) is 11.9 Å². The van der Waals surface area contributed by atoms with Crippen molar-refractivity contribution in [3.63, 3.8) is 0 Å². The smallest absolute Gasteiger partial charge is 0.246 e. The molecule has 114 valence electrons. The van der Waals surface area contributed by atoms with Gasteiger partial charge in [0.1, 0.15) is 5.75 Å². The molecule has 0 heterocycles. The Hall–Kier alpha value is -2.03. The highest BCUT2D eigenvalue weighted by Crippen LogP contribution is 2.14.